The van der Waals surface area contributed by atoms with Gasteiger partial charge in [-0.05, 0) is 64.6 Å². The largest absolute Gasteiger partial charge is 0.464 e. The van der Waals surface area contributed by atoms with Crippen LogP contribution in [0, 0.1) is 12.8 Å². The molecule has 5 aromatic rings. The number of carbonyl (C=O) groups excluding carboxylic acids is 2. The molecule has 8 nitrogen and oxygen atoms in total. The van der Waals surface area contributed by atoms with E-state index in [1.54, 1.807) is 24.3 Å². The lowest BCUT2D eigenvalue weighted by Crippen LogP contribution is -2.36. The Morgan fingerprint density at radius 2 is 1.29 bits per heavy atom. The lowest BCUT2D eigenvalue weighted by atomic mass is 9.85. The number of hydrogen-bond acceptors (Lipinski definition) is 8. The van der Waals surface area contributed by atoms with Crippen LogP contribution in [-0.2, 0) is 35.8 Å². The number of esters is 2. The van der Waals surface area contributed by atoms with Crippen molar-refractivity contribution in [2.24, 2.45) is 11.7 Å². The standard InChI is InChI=1S/C39H35NO7S/c1-26-15-21-30(22-16-26)48(43,44)47-29-19-17-28(18-20-29)37(35(23-40)38(41)45-24-27-9-3-2-4-10-27)39(42)46-25-36-33-13-7-5-11-31(33)32-12-6-8-14-34(32)36/h2-22,35-37H,23-25,40H2,1H3. The maximum absolute atomic E-state index is 14.0. The van der Waals surface area contributed by atoms with Gasteiger partial charge in [-0.1, -0.05) is 109 Å². The molecule has 2 unspecified atom stereocenters. The Bertz CT molecular complexity index is 1960. The van der Waals surface area contributed by atoms with Crippen molar-refractivity contribution in [3.05, 3.63) is 155 Å². The van der Waals surface area contributed by atoms with E-state index in [1.807, 2.05) is 73.7 Å². The SMILES string of the molecule is Cc1ccc(S(=O)(=O)Oc2ccc(C(C(=O)OCC3c4ccccc4-c4ccccc43)C(CN)C(=O)OCc3ccccc3)cc2)cc1. The van der Waals surface area contributed by atoms with Crippen molar-refractivity contribution < 1.29 is 31.7 Å². The van der Waals surface area contributed by atoms with Crippen molar-refractivity contribution in [3.63, 3.8) is 0 Å². The van der Waals surface area contributed by atoms with Gasteiger partial charge in [-0.2, -0.15) is 8.42 Å². The summed E-state index contributed by atoms with van der Waals surface area (Å²) in [5, 5.41) is 0. The lowest BCUT2D eigenvalue weighted by Gasteiger charge is -2.25. The number of ether oxygens (including phenoxy) is 2. The second-order valence-electron chi connectivity index (χ2n) is 11.7. The van der Waals surface area contributed by atoms with Crippen LogP contribution >= 0.6 is 0 Å². The van der Waals surface area contributed by atoms with Crippen molar-refractivity contribution in [1.82, 2.24) is 0 Å². The molecule has 2 atom stereocenters. The molecular formula is C39H35NO7S. The highest BCUT2D eigenvalue weighted by Gasteiger charge is 2.38. The minimum Gasteiger partial charge on any atom is -0.464 e. The molecule has 0 fully saturated rings. The molecule has 5 aromatic carbocycles. The summed E-state index contributed by atoms with van der Waals surface area (Å²) in [6.45, 7) is 1.73. The van der Waals surface area contributed by atoms with E-state index < -0.39 is 33.9 Å². The van der Waals surface area contributed by atoms with E-state index >= 15 is 0 Å². The summed E-state index contributed by atoms with van der Waals surface area (Å²) in [6.07, 6.45) is 0. The van der Waals surface area contributed by atoms with Gasteiger partial charge in [0.05, 0.1) is 11.8 Å². The molecule has 2 N–H and O–H groups in total. The smallest absolute Gasteiger partial charge is 0.339 e. The Morgan fingerprint density at radius 1 is 0.708 bits per heavy atom. The highest BCUT2D eigenvalue weighted by molar-refractivity contribution is 7.87. The normalized spacial score (nSPS) is 13.5. The number of hydrogen-bond donors (Lipinski definition) is 1. The molecule has 0 radical (unpaired) electrons. The first-order valence-corrected chi connectivity index (χ1v) is 17.0. The molecule has 244 valence electrons. The van der Waals surface area contributed by atoms with Gasteiger partial charge in [0.15, 0.2) is 0 Å². The topological polar surface area (TPSA) is 122 Å². The first-order chi connectivity index (χ1) is 23.2. The molecule has 0 bridgehead atoms. The Labute approximate surface area is 280 Å². The molecule has 6 rings (SSSR count). The summed E-state index contributed by atoms with van der Waals surface area (Å²) in [5.74, 6) is -3.65. The molecule has 0 saturated heterocycles. The van der Waals surface area contributed by atoms with Crippen LogP contribution in [0.5, 0.6) is 5.75 Å². The molecule has 0 amide bonds. The van der Waals surface area contributed by atoms with Crippen LogP contribution in [0.3, 0.4) is 0 Å². The van der Waals surface area contributed by atoms with Crippen LogP contribution in [0.25, 0.3) is 11.1 Å². The first kappa shape index (κ1) is 32.7. The molecule has 48 heavy (non-hydrogen) atoms. The minimum atomic E-state index is -4.10. The van der Waals surface area contributed by atoms with Gasteiger partial charge in [0.1, 0.15) is 23.9 Å². The average molecular weight is 662 g/mol. The summed E-state index contributed by atoms with van der Waals surface area (Å²) in [7, 11) is -4.10. The molecular weight excluding hydrogens is 626 g/mol. The summed E-state index contributed by atoms with van der Waals surface area (Å²) < 4.78 is 42.8. The van der Waals surface area contributed by atoms with E-state index in [4.69, 9.17) is 19.4 Å². The van der Waals surface area contributed by atoms with E-state index in [-0.39, 0.29) is 36.3 Å². The predicted octanol–water partition coefficient (Wildman–Crippen LogP) is 6.52. The summed E-state index contributed by atoms with van der Waals surface area (Å²) >= 11 is 0. The molecule has 9 heteroatoms. The van der Waals surface area contributed by atoms with E-state index in [9.17, 15) is 18.0 Å². The zero-order valence-corrected chi connectivity index (χ0v) is 27.1. The fraction of sp³-hybridized carbons (Fsp3) is 0.179. The Balaban J connectivity index is 1.26. The summed E-state index contributed by atoms with van der Waals surface area (Å²) in [4.78, 5) is 27.5. The van der Waals surface area contributed by atoms with Gasteiger partial charge in [0.2, 0.25) is 0 Å². The second kappa shape index (κ2) is 14.3. The number of nitrogens with two attached hydrogens (primary N) is 1. The van der Waals surface area contributed by atoms with Crippen molar-refractivity contribution in [2.45, 2.75) is 30.3 Å². The fourth-order valence-corrected chi connectivity index (χ4v) is 6.97. The minimum absolute atomic E-state index is 0.0111. The van der Waals surface area contributed by atoms with Crippen LogP contribution in [-0.4, -0.2) is 33.5 Å². The third-order valence-electron chi connectivity index (χ3n) is 8.55. The lowest BCUT2D eigenvalue weighted by molar-refractivity contribution is -0.158. The average Bonchev–Trinajstić information content (AvgIpc) is 3.43. The number of fused-ring (bicyclic) bond motifs is 3. The van der Waals surface area contributed by atoms with Crippen LogP contribution < -0.4 is 9.92 Å². The maximum atomic E-state index is 14.0. The van der Waals surface area contributed by atoms with Crippen molar-refractivity contribution in [1.29, 1.82) is 0 Å². The van der Waals surface area contributed by atoms with E-state index in [2.05, 4.69) is 12.1 Å². The third-order valence-corrected chi connectivity index (χ3v) is 9.81. The van der Waals surface area contributed by atoms with Gasteiger partial charge in [-0.3, -0.25) is 9.59 Å². The second-order valence-corrected chi connectivity index (χ2v) is 13.2. The van der Waals surface area contributed by atoms with E-state index in [0.29, 0.717) is 5.56 Å². The van der Waals surface area contributed by atoms with E-state index in [1.165, 1.54) is 24.3 Å². The summed E-state index contributed by atoms with van der Waals surface area (Å²) in [5.41, 5.74) is 12.5. The molecule has 1 aliphatic carbocycles. The Morgan fingerprint density at radius 3 is 1.90 bits per heavy atom. The third kappa shape index (κ3) is 7.02. The van der Waals surface area contributed by atoms with E-state index in [0.717, 1.165) is 33.4 Å². The van der Waals surface area contributed by atoms with Crippen molar-refractivity contribution in [2.75, 3.05) is 13.2 Å². The van der Waals surface area contributed by atoms with Crippen molar-refractivity contribution >= 4 is 22.1 Å². The van der Waals surface area contributed by atoms with Gasteiger partial charge in [-0.15, -0.1) is 0 Å². The molecule has 0 aromatic heterocycles. The quantitative estimate of drug-likeness (QED) is 0.119. The zero-order chi connectivity index (χ0) is 33.7. The first-order valence-electron chi connectivity index (χ1n) is 15.6. The highest BCUT2D eigenvalue weighted by Crippen LogP contribution is 2.45. The Hall–Kier alpha value is -5.25. The van der Waals surface area contributed by atoms with Crippen LogP contribution in [0.15, 0.2) is 132 Å². The fourth-order valence-electron chi connectivity index (χ4n) is 6.04. The molecule has 0 heterocycles. The van der Waals surface area contributed by atoms with Crippen molar-refractivity contribution in [3.8, 4) is 16.9 Å². The predicted molar refractivity (Wildman–Crippen MR) is 182 cm³/mol. The molecule has 1 aliphatic rings. The number of benzene rings is 5. The van der Waals surface area contributed by atoms with Gasteiger partial charge >= 0.3 is 22.1 Å². The van der Waals surface area contributed by atoms with Gasteiger partial charge in [0.25, 0.3) is 0 Å². The number of aryl methyl sites for hydroxylation is 1. The number of rotatable bonds is 12. The molecule has 0 aliphatic heterocycles. The maximum Gasteiger partial charge on any atom is 0.339 e. The van der Waals surface area contributed by atoms with Gasteiger partial charge < -0.3 is 19.4 Å². The zero-order valence-electron chi connectivity index (χ0n) is 26.3. The van der Waals surface area contributed by atoms with Crippen LogP contribution in [0.2, 0.25) is 0 Å². The Kier molecular flexibility index (Phi) is 9.70. The van der Waals surface area contributed by atoms with Gasteiger partial charge in [0, 0.05) is 12.5 Å². The van der Waals surface area contributed by atoms with Gasteiger partial charge in [-0.25, -0.2) is 0 Å². The molecule has 0 spiro atoms. The number of carbonyl (C=O) groups is 2. The van der Waals surface area contributed by atoms with Crippen LogP contribution in [0.4, 0.5) is 0 Å². The van der Waals surface area contributed by atoms with Crippen LogP contribution in [0.1, 0.15) is 39.7 Å². The summed E-state index contributed by atoms with van der Waals surface area (Å²) in [6, 6.07) is 37.5. The monoisotopic (exact) mass is 661 g/mol. The highest BCUT2D eigenvalue weighted by atomic mass is 32.2. The molecule has 0 saturated carbocycles.